The molecule has 2 aliphatic rings. The zero-order valence-corrected chi connectivity index (χ0v) is 11.4. The normalized spacial score (nSPS) is 38.8. The van der Waals surface area contributed by atoms with Crippen LogP contribution in [-0.2, 0) is 4.79 Å². The summed E-state index contributed by atoms with van der Waals surface area (Å²) in [6, 6.07) is 0. The Morgan fingerprint density at radius 1 is 1.50 bits per heavy atom. The average molecular weight is 250 g/mol. The van der Waals surface area contributed by atoms with Crippen molar-refractivity contribution >= 4 is 5.97 Å². The summed E-state index contributed by atoms with van der Waals surface area (Å²) in [6.45, 7) is 5.84. The molecule has 100 valence electrons. The van der Waals surface area contributed by atoms with Gasteiger partial charge in [-0.1, -0.05) is 24.1 Å². The summed E-state index contributed by atoms with van der Waals surface area (Å²) >= 11 is 0. The second-order valence-electron chi connectivity index (χ2n) is 6.02. The number of carboxylic acid groups (broad SMARTS) is 1. The smallest absolute Gasteiger partial charge is 0.331 e. The van der Waals surface area contributed by atoms with Crippen molar-refractivity contribution in [3.63, 3.8) is 0 Å². The molecule has 2 N–H and O–H groups in total. The molecule has 18 heavy (non-hydrogen) atoms. The van der Waals surface area contributed by atoms with Crippen LogP contribution in [0.4, 0.5) is 0 Å². The third-order valence-electron chi connectivity index (χ3n) is 4.93. The van der Waals surface area contributed by atoms with Crippen LogP contribution in [0.5, 0.6) is 0 Å². The number of aliphatic carboxylic acids is 1. The molecule has 0 radical (unpaired) electrons. The first-order valence-electron chi connectivity index (χ1n) is 6.63. The number of hydrogen-bond acceptors (Lipinski definition) is 2. The summed E-state index contributed by atoms with van der Waals surface area (Å²) in [5.74, 6) is -0.644. The van der Waals surface area contributed by atoms with Crippen molar-refractivity contribution in [2.24, 2.45) is 11.3 Å². The topological polar surface area (TPSA) is 57.5 Å². The van der Waals surface area contributed by atoms with E-state index >= 15 is 0 Å². The molecule has 0 heterocycles. The molecule has 0 aromatic rings. The third kappa shape index (κ3) is 2.01. The molecule has 0 aliphatic heterocycles. The highest BCUT2D eigenvalue weighted by Crippen LogP contribution is 2.53. The molecule has 0 unspecified atom stereocenters. The van der Waals surface area contributed by atoms with Gasteiger partial charge in [-0.25, -0.2) is 4.79 Å². The highest BCUT2D eigenvalue weighted by atomic mass is 16.4. The predicted octanol–water partition coefficient (Wildman–Crippen LogP) is 2.90. The van der Waals surface area contributed by atoms with Crippen LogP contribution in [0.15, 0.2) is 22.8 Å². The summed E-state index contributed by atoms with van der Waals surface area (Å²) < 4.78 is 0. The maximum atomic E-state index is 11.2. The van der Waals surface area contributed by atoms with Crippen molar-refractivity contribution in [2.45, 2.75) is 52.6 Å². The van der Waals surface area contributed by atoms with Gasteiger partial charge in [0.2, 0.25) is 0 Å². The number of hydrogen-bond donors (Lipinski definition) is 2. The van der Waals surface area contributed by atoms with E-state index in [2.05, 4.69) is 13.0 Å². The van der Waals surface area contributed by atoms with Gasteiger partial charge in [0.15, 0.2) is 0 Å². The molecule has 3 heteroatoms. The number of fused-ring (bicyclic) bond motifs is 1. The monoisotopic (exact) mass is 250 g/mol. The lowest BCUT2D eigenvalue weighted by Gasteiger charge is -2.35. The Morgan fingerprint density at radius 2 is 2.17 bits per heavy atom. The highest BCUT2D eigenvalue weighted by molar-refractivity contribution is 5.87. The molecule has 0 aromatic carbocycles. The predicted molar refractivity (Wildman–Crippen MR) is 70.2 cm³/mol. The van der Waals surface area contributed by atoms with E-state index in [1.165, 1.54) is 5.57 Å². The first kappa shape index (κ1) is 13.3. The quantitative estimate of drug-likeness (QED) is 0.555. The fourth-order valence-electron chi connectivity index (χ4n) is 3.49. The van der Waals surface area contributed by atoms with Crippen molar-refractivity contribution in [3.05, 3.63) is 22.8 Å². The van der Waals surface area contributed by atoms with Crippen molar-refractivity contribution < 1.29 is 15.0 Å². The zero-order chi connectivity index (χ0) is 13.5. The van der Waals surface area contributed by atoms with Crippen molar-refractivity contribution in [1.29, 1.82) is 0 Å². The number of allylic oxidation sites excluding steroid dienone is 2. The first-order chi connectivity index (χ1) is 8.36. The van der Waals surface area contributed by atoms with E-state index in [1.807, 2.05) is 6.92 Å². The van der Waals surface area contributed by atoms with Crippen molar-refractivity contribution in [2.75, 3.05) is 0 Å². The summed E-state index contributed by atoms with van der Waals surface area (Å²) in [6.07, 6.45) is 5.08. The second-order valence-corrected chi connectivity index (χ2v) is 6.02. The van der Waals surface area contributed by atoms with Gasteiger partial charge in [0.1, 0.15) is 0 Å². The molecule has 1 saturated carbocycles. The molecular formula is C15H22O3. The summed E-state index contributed by atoms with van der Waals surface area (Å²) in [7, 11) is 0. The summed E-state index contributed by atoms with van der Waals surface area (Å²) in [4.78, 5) is 11.2. The van der Waals surface area contributed by atoms with Crippen LogP contribution >= 0.6 is 0 Å². The third-order valence-corrected chi connectivity index (χ3v) is 4.93. The molecule has 0 bridgehead atoms. The van der Waals surface area contributed by atoms with Crippen LogP contribution in [0.25, 0.3) is 0 Å². The van der Waals surface area contributed by atoms with E-state index < -0.39 is 5.97 Å². The second kappa shape index (κ2) is 4.54. The molecule has 0 saturated heterocycles. The van der Waals surface area contributed by atoms with E-state index in [1.54, 1.807) is 6.92 Å². The van der Waals surface area contributed by atoms with Gasteiger partial charge in [0.05, 0.1) is 6.10 Å². The van der Waals surface area contributed by atoms with Gasteiger partial charge in [-0.05, 0) is 45.4 Å². The van der Waals surface area contributed by atoms with Gasteiger partial charge in [-0.3, -0.25) is 0 Å². The summed E-state index contributed by atoms with van der Waals surface area (Å²) in [5, 5.41) is 19.6. The van der Waals surface area contributed by atoms with E-state index in [0.29, 0.717) is 12.0 Å². The minimum Gasteiger partial charge on any atom is -0.478 e. The fraction of sp³-hybridized carbons (Fsp3) is 0.667. The molecule has 3 atom stereocenters. The van der Waals surface area contributed by atoms with Gasteiger partial charge >= 0.3 is 5.97 Å². The molecule has 2 rings (SSSR count). The van der Waals surface area contributed by atoms with Crippen LogP contribution in [0.2, 0.25) is 0 Å². The first-order valence-corrected chi connectivity index (χ1v) is 6.63. The van der Waals surface area contributed by atoms with Crippen molar-refractivity contribution in [1.82, 2.24) is 0 Å². The lowest BCUT2D eigenvalue weighted by atomic mass is 9.72. The van der Waals surface area contributed by atoms with Crippen LogP contribution < -0.4 is 0 Å². The number of rotatable bonds is 1. The average Bonchev–Trinajstić information content (AvgIpc) is 2.59. The Labute approximate surface area is 108 Å². The Bertz CT molecular complexity index is 433. The SMILES string of the molecule is CC1=CC[C@@H]2/C(=C(\C)C(=O)O)CC[C@@]2(C)[C@@H](O)C1. The molecule has 0 aromatic heterocycles. The number of aliphatic hydroxyl groups excluding tert-OH is 1. The minimum absolute atomic E-state index is 0.166. The van der Waals surface area contributed by atoms with Crippen LogP contribution in [0.1, 0.15) is 46.5 Å². The number of aliphatic hydroxyl groups is 1. The van der Waals surface area contributed by atoms with Crippen LogP contribution in [0, 0.1) is 11.3 Å². The van der Waals surface area contributed by atoms with Gasteiger partial charge in [-0.2, -0.15) is 0 Å². The molecule has 1 fully saturated rings. The Kier molecular flexibility index (Phi) is 3.37. The highest BCUT2D eigenvalue weighted by Gasteiger charge is 2.48. The Morgan fingerprint density at radius 3 is 2.78 bits per heavy atom. The maximum Gasteiger partial charge on any atom is 0.331 e. The summed E-state index contributed by atoms with van der Waals surface area (Å²) in [5.41, 5.74) is 2.56. The van der Waals surface area contributed by atoms with Gasteiger partial charge in [0, 0.05) is 11.0 Å². The maximum absolute atomic E-state index is 11.2. The molecule has 2 aliphatic carbocycles. The molecular weight excluding hydrogens is 228 g/mol. The van der Waals surface area contributed by atoms with Crippen molar-refractivity contribution in [3.8, 4) is 0 Å². The van der Waals surface area contributed by atoms with E-state index in [9.17, 15) is 9.90 Å². The minimum atomic E-state index is -0.825. The van der Waals surface area contributed by atoms with E-state index in [4.69, 9.17) is 5.11 Å². The standard InChI is InChI=1S/C15H22O3/c1-9-4-5-12-11(10(2)14(17)18)6-7-15(12,3)13(16)8-9/h4,12-13,16H,5-8H2,1-3H3,(H,17,18)/b11-10+/t12-,13+,15-/m1/s1. The molecule has 0 amide bonds. The van der Waals surface area contributed by atoms with E-state index in [0.717, 1.165) is 24.8 Å². The van der Waals surface area contributed by atoms with Gasteiger partial charge in [-0.15, -0.1) is 0 Å². The lowest BCUT2D eigenvalue weighted by Crippen LogP contribution is -2.35. The zero-order valence-electron chi connectivity index (χ0n) is 11.4. The van der Waals surface area contributed by atoms with Crippen LogP contribution in [0.3, 0.4) is 0 Å². The fourth-order valence-corrected chi connectivity index (χ4v) is 3.49. The molecule has 0 spiro atoms. The number of carboxylic acids is 1. The number of carbonyl (C=O) groups is 1. The van der Waals surface area contributed by atoms with Crippen LogP contribution in [-0.4, -0.2) is 22.3 Å². The largest absolute Gasteiger partial charge is 0.478 e. The Balaban J connectivity index is 2.43. The van der Waals surface area contributed by atoms with E-state index in [-0.39, 0.29) is 17.4 Å². The Hall–Kier alpha value is -1.09. The van der Waals surface area contributed by atoms with Gasteiger partial charge in [0.25, 0.3) is 0 Å². The molecule has 3 nitrogen and oxygen atoms in total. The van der Waals surface area contributed by atoms with Gasteiger partial charge < -0.3 is 10.2 Å². The lowest BCUT2D eigenvalue weighted by molar-refractivity contribution is -0.132.